The van der Waals surface area contributed by atoms with Gasteiger partial charge in [0, 0.05) is 29.1 Å². The Hall–Kier alpha value is -4.38. The van der Waals surface area contributed by atoms with Gasteiger partial charge in [0.15, 0.2) is 5.78 Å². The third-order valence-corrected chi connectivity index (χ3v) is 8.81. The van der Waals surface area contributed by atoms with Crippen LogP contribution in [0.1, 0.15) is 49.9 Å². The van der Waals surface area contributed by atoms with E-state index in [1.165, 1.54) is 36.1 Å². The van der Waals surface area contributed by atoms with Crippen LogP contribution in [0.4, 0.5) is 0 Å². The summed E-state index contributed by atoms with van der Waals surface area (Å²) >= 11 is 3.53. The van der Waals surface area contributed by atoms with Crippen molar-refractivity contribution in [1.82, 2.24) is 9.62 Å². The molecule has 0 fully saturated rings. The molecule has 5 rings (SSSR count). The van der Waals surface area contributed by atoms with Gasteiger partial charge in [-0.3, -0.25) is 14.5 Å². The third-order valence-electron chi connectivity index (χ3n) is 6.90. The molecule has 1 aliphatic rings. The van der Waals surface area contributed by atoms with Crippen molar-refractivity contribution in [3.05, 3.63) is 141 Å². The summed E-state index contributed by atoms with van der Waals surface area (Å²) < 4.78 is 28.7. The highest BCUT2D eigenvalue weighted by Crippen LogP contribution is 2.38. The van der Waals surface area contributed by atoms with E-state index in [1.807, 2.05) is 48.5 Å². The Kier molecular flexibility index (Phi) is 8.22. The number of amides is 1. The summed E-state index contributed by atoms with van der Waals surface area (Å²) in [4.78, 5) is 39.4. The summed E-state index contributed by atoms with van der Waals surface area (Å²) in [6, 6.07) is 26.7. The molecule has 4 aromatic rings. The Morgan fingerprint density at radius 3 is 2.14 bits per heavy atom. The maximum absolute atomic E-state index is 13.8. The van der Waals surface area contributed by atoms with Crippen LogP contribution in [-0.4, -0.2) is 36.1 Å². The van der Waals surface area contributed by atoms with E-state index in [0.29, 0.717) is 22.4 Å². The molecular weight excluding hydrogens is 620 g/mol. The molecule has 0 radical (unpaired) electrons. The fourth-order valence-electron chi connectivity index (χ4n) is 4.83. The highest BCUT2D eigenvalue weighted by atomic mass is 79.9. The molecule has 1 heterocycles. The van der Waals surface area contributed by atoms with Crippen LogP contribution in [0.15, 0.2) is 112 Å². The smallest absolute Gasteiger partial charge is 0.335 e. The molecule has 1 amide bonds. The van der Waals surface area contributed by atoms with Crippen LogP contribution in [0.5, 0.6) is 0 Å². The summed E-state index contributed by atoms with van der Waals surface area (Å²) in [7, 11) is -3.89. The van der Waals surface area contributed by atoms with Crippen LogP contribution < -0.4 is 4.72 Å². The second kappa shape index (κ2) is 11.8. The first-order valence-electron chi connectivity index (χ1n) is 12.9. The number of carboxylic acids is 1. The lowest BCUT2D eigenvalue weighted by atomic mass is 9.87. The maximum atomic E-state index is 13.8. The standard InChI is InChI=1S/C32H25BrN2O6S/c1-20(36)30-29(22-5-3-2-4-6-22)28-17-26(33)14-11-25(28)19-35(30)31(37)23-9-7-21(8-10-23)18-34-42(40,41)27-15-12-24(13-16-27)32(38)39/h2-17,34H,18-19H2,1H3,(H,38,39). The SMILES string of the molecule is CC(=O)C1=C(c2ccccc2)c2cc(Br)ccc2CN1C(=O)c1ccc(CNS(=O)(=O)c2ccc(C(=O)O)cc2)cc1. The van der Waals surface area contributed by atoms with E-state index >= 15 is 0 Å². The van der Waals surface area contributed by atoms with E-state index in [2.05, 4.69) is 20.7 Å². The molecule has 0 saturated heterocycles. The number of carbonyl (C=O) groups is 3. The van der Waals surface area contributed by atoms with Crippen molar-refractivity contribution in [3.63, 3.8) is 0 Å². The number of ketones is 1. The average Bonchev–Trinajstić information content (AvgIpc) is 2.99. The molecule has 2 N–H and O–H groups in total. The van der Waals surface area contributed by atoms with Crippen molar-refractivity contribution in [2.24, 2.45) is 0 Å². The molecule has 0 aliphatic carbocycles. The third kappa shape index (κ3) is 5.96. The van der Waals surface area contributed by atoms with E-state index in [0.717, 1.165) is 21.2 Å². The van der Waals surface area contributed by atoms with Gasteiger partial charge in [-0.15, -0.1) is 0 Å². The molecule has 42 heavy (non-hydrogen) atoms. The van der Waals surface area contributed by atoms with Gasteiger partial charge >= 0.3 is 5.97 Å². The fraction of sp³-hybridized carbons (Fsp3) is 0.0938. The number of benzene rings is 4. The second-order valence-electron chi connectivity index (χ2n) is 9.69. The Balaban J connectivity index is 1.41. The first-order chi connectivity index (χ1) is 20.0. The Morgan fingerprint density at radius 1 is 0.881 bits per heavy atom. The summed E-state index contributed by atoms with van der Waals surface area (Å²) in [6.45, 7) is 1.63. The number of hydrogen-bond donors (Lipinski definition) is 2. The molecular formula is C32H25BrN2O6S. The molecule has 4 aromatic carbocycles. The van der Waals surface area contributed by atoms with Crippen LogP contribution in [0.25, 0.3) is 5.57 Å². The summed E-state index contributed by atoms with van der Waals surface area (Å²) in [5, 5.41) is 9.02. The summed E-state index contributed by atoms with van der Waals surface area (Å²) in [6.07, 6.45) is 0. The Labute approximate surface area is 251 Å². The van der Waals surface area contributed by atoms with Crippen LogP contribution in [-0.2, 0) is 27.9 Å². The van der Waals surface area contributed by atoms with Crippen molar-refractivity contribution in [2.75, 3.05) is 0 Å². The molecule has 0 saturated carbocycles. The van der Waals surface area contributed by atoms with Gasteiger partial charge in [0.2, 0.25) is 10.0 Å². The molecule has 212 valence electrons. The zero-order chi connectivity index (χ0) is 30.0. The minimum Gasteiger partial charge on any atom is -0.478 e. The number of carboxylic acid groups (broad SMARTS) is 1. The zero-order valence-corrected chi connectivity index (χ0v) is 24.8. The normalized spacial score (nSPS) is 13.0. The molecule has 0 unspecified atom stereocenters. The molecule has 0 spiro atoms. The van der Waals surface area contributed by atoms with Gasteiger partial charge in [-0.1, -0.05) is 64.5 Å². The largest absolute Gasteiger partial charge is 0.478 e. The minimum absolute atomic E-state index is 0.0158. The summed E-state index contributed by atoms with van der Waals surface area (Å²) in [5.41, 5.74) is 4.53. The number of rotatable bonds is 8. The first-order valence-corrected chi connectivity index (χ1v) is 15.2. The van der Waals surface area contributed by atoms with E-state index < -0.39 is 16.0 Å². The Morgan fingerprint density at radius 2 is 1.52 bits per heavy atom. The predicted molar refractivity (Wildman–Crippen MR) is 161 cm³/mol. The van der Waals surface area contributed by atoms with Crippen LogP contribution in [0.2, 0.25) is 0 Å². The number of nitrogens with one attached hydrogen (secondary N) is 1. The molecule has 0 bridgehead atoms. The number of halogens is 1. The molecule has 0 aromatic heterocycles. The highest BCUT2D eigenvalue weighted by Gasteiger charge is 2.32. The second-order valence-corrected chi connectivity index (χ2v) is 12.4. The number of allylic oxidation sites excluding steroid dienone is 1. The maximum Gasteiger partial charge on any atom is 0.335 e. The van der Waals surface area contributed by atoms with Gasteiger partial charge in [0.25, 0.3) is 5.91 Å². The van der Waals surface area contributed by atoms with Gasteiger partial charge in [-0.25, -0.2) is 17.9 Å². The molecule has 1 aliphatic heterocycles. The zero-order valence-electron chi connectivity index (χ0n) is 22.4. The van der Waals surface area contributed by atoms with Gasteiger partial charge in [0.1, 0.15) is 0 Å². The highest BCUT2D eigenvalue weighted by molar-refractivity contribution is 9.10. The number of aromatic carboxylic acids is 1. The molecule has 0 atom stereocenters. The van der Waals surface area contributed by atoms with E-state index in [-0.39, 0.29) is 35.2 Å². The van der Waals surface area contributed by atoms with E-state index in [9.17, 15) is 22.8 Å². The van der Waals surface area contributed by atoms with Gasteiger partial charge < -0.3 is 5.11 Å². The van der Waals surface area contributed by atoms with Crippen LogP contribution in [0, 0.1) is 0 Å². The number of carbonyl (C=O) groups excluding carboxylic acids is 2. The molecule has 10 heteroatoms. The minimum atomic E-state index is -3.89. The number of sulfonamides is 1. The lowest BCUT2D eigenvalue weighted by Crippen LogP contribution is -2.36. The summed E-state index contributed by atoms with van der Waals surface area (Å²) in [5.74, 6) is -1.74. The number of fused-ring (bicyclic) bond motifs is 1. The van der Waals surface area contributed by atoms with Crippen molar-refractivity contribution >= 4 is 49.2 Å². The quantitative estimate of drug-likeness (QED) is 0.256. The molecule has 8 nitrogen and oxygen atoms in total. The van der Waals surface area contributed by atoms with E-state index in [1.54, 1.807) is 24.3 Å². The Bertz CT molecular complexity index is 1830. The number of nitrogens with zero attached hydrogens (tertiary/aromatic N) is 1. The number of Topliss-reactive ketones (excluding diaryl/α,β-unsaturated/α-hetero) is 1. The number of hydrogen-bond acceptors (Lipinski definition) is 5. The van der Waals surface area contributed by atoms with Crippen molar-refractivity contribution in [1.29, 1.82) is 0 Å². The first kappa shape index (κ1) is 29.1. The lowest BCUT2D eigenvalue weighted by Gasteiger charge is -2.33. The van der Waals surface area contributed by atoms with Crippen LogP contribution in [0.3, 0.4) is 0 Å². The lowest BCUT2D eigenvalue weighted by molar-refractivity contribution is -0.114. The fourth-order valence-corrected chi connectivity index (χ4v) is 6.21. The van der Waals surface area contributed by atoms with E-state index in [4.69, 9.17) is 5.11 Å². The van der Waals surface area contributed by atoms with Gasteiger partial charge in [0.05, 0.1) is 22.7 Å². The van der Waals surface area contributed by atoms with Crippen molar-refractivity contribution in [2.45, 2.75) is 24.9 Å². The van der Waals surface area contributed by atoms with Crippen molar-refractivity contribution < 1.29 is 27.9 Å². The predicted octanol–water partition coefficient (Wildman–Crippen LogP) is 5.63. The van der Waals surface area contributed by atoms with Crippen molar-refractivity contribution in [3.8, 4) is 0 Å². The average molecular weight is 646 g/mol. The van der Waals surface area contributed by atoms with Gasteiger partial charge in [-0.2, -0.15) is 0 Å². The van der Waals surface area contributed by atoms with Crippen LogP contribution >= 0.6 is 15.9 Å². The monoisotopic (exact) mass is 644 g/mol. The topological polar surface area (TPSA) is 121 Å². The van der Waals surface area contributed by atoms with Gasteiger partial charge in [-0.05, 0) is 70.8 Å².